The molecule has 0 unspecified atom stereocenters. The Balaban J connectivity index is 1.75. The van der Waals surface area contributed by atoms with Crippen LogP contribution >= 0.6 is 11.3 Å². The monoisotopic (exact) mass is 318 g/mol. The third-order valence-electron chi connectivity index (χ3n) is 4.29. The van der Waals surface area contributed by atoms with Gasteiger partial charge in [-0.05, 0) is 42.7 Å². The first kappa shape index (κ1) is 15.2. The normalized spacial score (nSPS) is 16.6. The van der Waals surface area contributed by atoms with E-state index in [2.05, 4.69) is 5.32 Å². The molecule has 3 rings (SSSR count). The fourth-order valence-electron chi connectivity index (χ4n) is 2.96. The van der Waals surface area contributed by atoms with Crippen LogP contribution in [-0.2, 0) is 0 Å². The Bertz CT molecular complexity index is 660. The maximum atomic E-state index is 13.0. The minimum atomic E-state index is -0.260. The van der Waals surface area contributed by atoms with E-state index < -0.39 is 0 Å². The third kappa shape index (κ3) is 3.05. The average molecular weight is 318 g/mol. The van der Waals surface area contributed by atoms with E-state index >= 15 is 0 Å². The van der Waals surface area contributed by atoms with Gasteiger partial charge in [-0.3, -0.25) is 4.79 Å². The lowest BCUT2D eigenvalue weighted by molar-refractivity contribution is 0.0907. The Morgan fingerprint density at radius 3 is 2.50 bits per heavy atom. The third-order valence-corrected chi connectivity index (χ3v) is 5.42. The van der Waals surface area contributed by atoms with Crippen LogP contribution in [0.1, 0.15) is 35.4 Å². The van der Waals surface area contributed by atoms with Gasteiger partial charge >= 0.3 is 0 Å². The van der Waals surface area contributed by atoms with Crippen LogP contribution in [0.2, 0.25) is 0 Å². The first-order valence-corrected chi connectivity index (χ1v) is 8.32. The van der Waals surface area contributed by atoms with Crippen molar-refractivity contribution in [2.75, 3.05) is 6.54 Å². The molecular weight excluding hydrogens is 299 g/mol. The minimum absolute atomic E-state index is 0.0642. The van der Waals surface area contributed by atoms with Crippen molar-refractivity contribution >= 4 is 17.2 Å². The summed E-state index contributed by atoms with van der Waals surface area (Å²) in [4.78, 5) is 14.1. The lowest BCUT2D eigenvalue weighted by Crippen LogP contribution is -2.51. The minimum Gasteiger partial charge on any atom is -0.345 e. The van der Waals surface area contributed by atoms with E-state index in [0.717, 1.165) is 36.1 Å². The molecule has 1 amide bonds. The number of benzene rings is 1. The quantitative estimate of drug-likeness (QED) is 0.905. The molecule has 2 aromatic rings. The number of nitrogens with one attached hydrogen (secondary N) is 1. The number of halogens is 1. The molecule has 1 aliphatic carbocycles. The maximum absolute atomic E-state index is 13.0. The maximum Gasteiger partial charge on any atom is 0.261 e. The molecule has 3 nitrogen and oxygen atoms in total. The summed E-state index contributed by atoms with van der Waals surface area (Å²) in [5.41, 5.74) is 6.54. The molecule has 22 heavy (non-hydrogen) atoms. The lowest BCUT2D eigenvalue weighted by atomic mass is 9.98. The van der Waals surface area contributed by atoms with Gasteiger partial charge in [0.05, 0.1) is 10.4 Å². The lowest BCUT2D eigenvalue weighted by Gasteiger charge is -2.28. The van der Waals surface area contributed by atoms with Gasteiger partial charge < -0.3 is 11.1 Å². The van der Waals surface area contributed by atoms with E-state index in [4.69, 9.17) is 5.73 Å². The van der Waals surface area contributed by atoms with Gasteiger partial charge in [-0.1, -0.05) is 25.0 Å². The molecule has 1 aromatic carbocycles. The highest BCUT2D eigenvalue weighted by Crippen LogP contribution is 2.31. The molecule has 1 aromatic heterocycles. The summed E-state index contributed by atoms with van der Waals surface area (Å²) in [6, 6.07) is 10.0. The topological polar surface area (TPSA) is 55.1 Å². The second-order valence-corrected chi connectivity index (χ2v) is 6.90. The van der Waals surface area contributed by atoms with Crippen molar-refractivity contribution in [3.8, 4) is 10.4 Å². The predicted octanol–water partition coefficient (Wildman–Crippen LogP) is 3.56. The van der Waals surface area contributed by atoms with Gasteiger partial charge in [0.25, 0.3) is 5.91 Å². The van der Waals surface area contributed by atoms with Gasteiger partial charge in [-0.25, -0.2) is 4.39 Å². The van der Waals surface area contributed by atoms with Crippen LogP contribution in [0.15, 0.2) is 36.4 Å². The molecule has 1 aliphatic rings. The van der Waals surface area contributed by atoms with Crippen molar-refractivity contribution in [3.05, 3.63) is 47.1 Å². The Morgan fingerprint density at radius 1 is 1.18 bits per heavy atom. The van der Waals surface area contributed by atoms with Gasteiger partial charge in [0.2, 0.25) is 0 Å². The zero-order chi connectivity index (χ0) is 15.6. The second-order valence-electron chi connectivity index (χ2n) is 5.82. The number of thiophene rings is 1. The molecule has 0 atom stereocenters. The van der Waals surface area contributed by atoms with Crippen molar-refractivity contribution in [2.24, 2.45) is 5.73 Å². The van der Waals surface area contributed by atoms with Crippen molar-refractivity contribution in [1.82, 2.24) is 5.32 Å². The number of carbonyl (C=O) groups excluding carboxylic acids is 1. The van der Waals surface area contributed by atoms with Crippen LogP contribution in [0.5, 0.6) is 0 Å². The molecule has 1 fully saturated rings. The summed E-state index contributed by atoms with van der Waals surface area (Å²) in [6.45, 7) is 0.481. The van der Waals surface area contributed by atoms with E-state index in [1.807, 2.05) is 12.1 Å². The van der Waals surface area contributed by atoms with Gasteiger partial charge in [0.1, 0.15) is 5.82 Å². The van der Waals surface area contributed by atoms with Gasteiger partial charge in [0, 0.05) is 11.4 Å². The van der Waals surface area contributed by atoms with Gasteiger partial charge in [-0.15, -0.1) is 11.3 Å². The zero-order valence-electron chi connectivity index (χ0n) is 12.3. The number of hydrogen-bond acceptors (Lipinski definition) is 3. The summed E-state index contributed by atoms with van der Waals surface area (Å²) in [5.74, 6) is -0.324. The van der Waals surface area contributed by atoms with Crippen molar-refractivity contribution in [2.45, 2.75) is 31.2 Å². The standard InChI is InChI=1S/C17H19FN2OS/c18-13-5-3-12(4-6-13)14-7-8-15(22-14)16(21)20-17(11-19)9-1-2-10-17/h3-8H,1-2,9-11,19H2,(H,20,21). The number of rotatable bonds is 4. The molecule has 0 radical (unpaired) electrons. The van der Waals surface area contributed by atoms with Crippen LogP contribution in [0.25, 0.3) is 10.4 Å². The molecule has 116 valence electrons. The van der Waals surface area contributed by atoms with E-state index in [1.165, 1.54) is 23.5 Å². The highest BCUT2D eigenvalue weighted by atomic mass is 32.1. The Hall–Kier alpha value is -1.72. The molecule has 3 N–H and O–H groups in total. The van der Waals surface area contributed by atoms with Crippen molar-refractivity contribution < 1.29 is 9.18 Å². The van der Waals surface area contributed by atoms with E-state index in [9.17, 15) is 9.18 Å². The Kier molecular flexibility index (Phi) is 4.27. The summed E-state index contributed by atoms with van der Waals surface area (Å²) >= 11 is 1.42. The molecule has 1 saturated carbocycles. The first-order chi connectivity index (χ1) is 10.6. The number of hydrogen-bond donors (Lipinski definition) is 2. The highest BCUT2D eigenvalue weighted by molar-refractivity contribution is 7.17. The molecule has 5 heteroatoms. The van der Waals surface area contributed by atoms with Gasteiger partial charge in [-0.2, -0.15) is 0 Å². The molecule has 0 saturated heterocycles. The van der Waals surface area contributed by atoms with E-state index in [1.54, 1.807) is 12.1 Å². The smallest absolute Gasteiger partial charge is 0.261 e. The zero-order valence-corrected chi connectivity index (χ0v) is 13.1. The summed E-state index contributed by atoms with van der Waals surface area (Å²) < 4.78 is 13.0. The number of amides is 1. The number of nitrogens with two attached hydrogens (primary N) is 1. The van der Waals surface area contributed by atoms with Crippen molar-refractivity contribution in [3.63, 3.8) is 0 Å². The largest absolute Gasteiger partial charge is 0.345 e. The van der Waals surface area contributed by atoms with E-state index in [0.29, 0.717) is 11.4 Å². The summed E-state index contributed by atoms with van der Waals surface area (Å²) in [5, 5.41) is 3.12. The van der Waals surface area contributed by atoms with Crippen LogP contribution < -0.4 is 11.1 Å². The van der Waals surface area contributed by atoms with Crippen LogP contribution in [0.4, 0.5) is 4.39 Å². The van der Waals surface area contributed by atoms with E-state index in [-0.39, 0.29) is 17.3 Å². The predicted molar refractivity (Wildman–Crippen MR) is 87.4 cm³/mol. The molecule has 0 aliphatic heterocycles. The molecule has 0 bridgehead atoms. The molecular formula is C17H19FN2OS. The molecule has 1 heterocycles. The van der Waals surface area contributed by atoms with Crippen LogP contribution in [-0.4, -0.2) is 18.0 Å². The van der Waals surface area contributed by atoms with Crippen molar-refractivity contribution in [1.29, 1.82) is 0 Å². The summed E-state index contributed by atoms with van der Waals surface area (Å²) in [6.07, 6.45) is 4.13. The Morgan fingerprint density at radius 2 is 1.86 bits per heavy atom. The number of carbonyl (C=O) groups is 1. The molecule has 0 spiro atoms. The first-order valence-electron chi connectivity index (χ1n) is 7.50. The van der Waals surface area contributed by atoms with Gasteiger partial charge in [0.15, 0.2) is 0 Å². The van der Waals surface area contributed by atoms with Crippen LogP contribution in [0.3, 0.4) is 0 Å². The highest BCUT2D eigenvalue weighted by Gasteiger charge is 2.34. The second kappa shape index (κ2) is 6.18. The fraction of sp³-hybridized carbons (Fsp3) is 0.353. The fourth-order valence-corrected chi connectivity index (χ4v) is 3.87. The SMILES string of the molecule is NCC1(NC(=O)c2ccc(-c3ccc(F)cc3)s2)CCCC1. The van der Waals surface area contributed by atoms with Crippen LogP contribution in [0, 0.1) is 5.82 Å². The summed E-state index contributed by atoms with van der Waals surface area (Å²) in [7, 11) is 0. The average Bonchev–Trinajstić information content (AvgIpc) is 3.18. The Labute approximate surface area is 133 Å².